The number of hydrogen-bond donors (Lipinski definition) is 0. The molecule has 1 aliphatic rings. The van der Waals surface area contributed by atoms with Gasteiger partial charge in [0.15, 0.2) is 0 Å². The maximum atomic E-state index is 2.50. The van der Waals surface area contributed by atoms with Crippen LogP contribution in [0.5, 0.6) is 0 Å². The fourth-order valence-electron chi connectivity index (χ4n) is 2.55. The van der Waals surface area contributed by atoms with Gasteiger partial charge in [-0.15, -0.1) is 37.2 Å². The van der Waals surface area contributed by atoms with Gasteiger partial charge in [0.2, 0.25) is 0 Å². The minimum atomic E-state index is -0.696. The minimum absolute atomic E-state index is 0. The van der Waals surface area contributed by atoms with Crippen LogP contribution in [0.25, 0.3) is 6.08 Å². The molecule has 0 spiro atoms. The first kappa shape index (κ1) is 25.4. The molecule has 2 rings (SSSR count). The van der Waals surface area contributed by atoms with E-state index in [2.05, 4.69) is 70.5 Å². The molecule has 0 aliphatic heterocycles. The summed E-state index contributed by atoms with van der Waals surface area (Å²) >= 11 is -0.696. The summed E-state index contributed by atoms with van der Waals surface area (Å²) in [5.41, 5.74) is 3.60. The predicted molar refractivity (Wildman–Crippen MR) is 107 cm³/mol. The number of hydrogen-bond acceptors (Lipinski definition) is 0. The Bertz CT molecular complexity index is 469. The van der Waals surface area contributed by atoms with Crippen LogP contribution in [0.1, 0.15) is 35.6 Å². The van der Waals surface area contributed by atoms with E-state index in [1.807, 2.05) is 0 Å². The van der Waals surface area contributed by atoms with Crippen molar-refractivity contribution < 1.29 is 22.9 Å². The molecule has 0 amide bonds. The number of rotatable bonds is 4. The zero-order valence-corrected chi connectivity index (χ0v) is 20.9. The van der Waals surface area contributed by atoms with Crippen LogP contribution in [0.2, 0.25) is 3.67 Å². The number of fused-ring (bicyclic) bond motifs is 1. The number of allylic oxidation sites excluding steroid dienone is 1. The predicted octanol–water partition coefficient (Wildman–Crippen LogP) is 6.68. The second kappa shape index (κ2) is 10.9. The Morgan fingerprint density at radius 1 is 1.09 bits per heavy atom. The van der Waals surface area contributed by atoms with Crippen molar-refractivity contribution >= 4 is 51.2 Å². The van der Waals surface area contributed by atoms with E-state index in [1.165, 1.54) is 11.7 Å². The summed E-state index contributed by atoms with van der Waals surface area (Å²) in [7, 11) is 0.233. The van der Waals surface area contributed by atoms with Crippen molar-refractivity contribution in [2.24, 2.45) is 5.41 Å². The van der Waals surface area contributed by atoms with Crippen LogP contribution in [0.4, 0.5) is 0 Å². The molecule has 2 unspecified atom stereocenters. The van der Waals surface area contributed by atoms with Gasteiger partial charge in [0.1, 0.15) is 0 Å². The summed E-state index contributed by atoms with van der Waals surface area (Å²) in [5.74, 6) is 0. The van der Waals surface area contributed by atoms with Gasteiger partial charge in [-0.25, -0.2) is 0 Å². The smallest absolute Gasteiger partial charge is 0.147 e. The van der Waals surface area contributed by atoms with Gasteiger partial charge in [0.05, 0.1) is 0 Å². The topological polar surface area (TPSA) is 0 Å². The third kappa shape index (κ3) is 6.94. The van der Waals surface area contributed by atoms with Gasteiger partial charge >= 0.3 is 131 Å². The van der Waals surface area contributed by atoms with E-state index in [9.17, 15) is 0 Å². The average molecular weight is 548 g/mol. The van der Waals surface area contributed by atoms with Crippen molar-refractivity contribution in [1.29, 1.82) is 0 Å². The summed E-state index contributed by atoms with van der Waals surface area (Å²) < 4.78 is 1.84. The second-order valence-electron chi connectivity index (χ2n) is 6.81. The van der Waals surface area contributed by atoms with Crippen LogP contribution in [0, 0.1) is 5.41 Å². The van der Waals surface area contributed by atoms with Crippen molar-refractivity contribution in [3.8, 4) is 0 Å². The van der Waals surface area contributed by atoms with Gasteiger partial charge in [0.25, 0.3) is 0 Å². The number of benzene rings is 1. The average Bonchev–Trinajstić information content (AvgIpc) is 2.70. The van der Waals surface area contributed by atoms with E-state index in [0.717, 1.165) is 7.35 Å². The SMILES string of the molecule is CP(C)C[CH]([Hf][CH]1C=Cc2ccccc21)C(C)(C)C.Cl.Cl.Cl. The van der Waals surface area contributed by atoms with E-state index in [0.29, 0.717) is 5.41 Å². The van der Waals surface area contributed by atoms with Gasteiger partial charge in [-0.2, -0.15) is 0 Å². The van der Waals surface area contributed by atoms with Gasteiger partial charge < -0.3 is 0 Å². The molecule has 0 bridgehead atoms. The molecule has 0 heterocycles. The Hall–Kier alpha value is 1.13. The van der Waals surface area contributed by atoms with E-state index >= 15 is 0 Å². The van der Waals surface area contributed by atoms with Gasteiger partial charge in [0, 0.05) is 0 Å². The molecule has 0 saturated carbocycles. The van der Waals surface area contributed by atoms with Gasteiger partial charge in [-0.05, 0) is 0 Å². The first-order valence-corrected chi connectivity index (χ1v) is 13.6. The van der Waals surface area contributed by atoms with Crippen molar-refractivity contribution in [2.45, 2.75) is 28.1 Å². The standard InChI is InChI=1S/C9H7.C8H18P.3ClH.Hf/c1-2-5-9-7-3-6-8(9)4-1;1-8(2,3)6-7-9(4)5;;;;/h1-7H;6H,7H2,1-5H3;3*1H;. The zero-order chi connectivity index (χ0) is 14.0. The van der Waals surface area contributed by atoms with Crippen LogP contribution >= 0.6 is 45.1 Å². The van der Waals surface area contributed by atoms with E-state index < -0.39 is 22.9 Å². The molecular formula is C17H28Cl3HfP. The molecule has 2 atom stereocenters. The summed E-state index contributed by atoms with van der Waals surface area (Å²) in [6, 6.07) is 9.00. The maximum absolute atomic E-state index is 2.50. The Labute approximate surface area is 167 Å². The third-order valence-corrected chi connectivity index (χ3v) is 14.5. The van der Waals surface area contributed by atoms with Crippen LogP contribution < -0.4 is 0 Å². The largest absolute Gasteiger partial charge is 0.147 e. The molecule has 22 heavy (non-hydrogen) atoms. The molecule has 0 radical (unpaired) electrons. The molecule has 1 aliphatic carbocycles. The quantitative estimate of drug-likeness (QED) is 0.291. The molecule has 1 aromatic rings. The maximum Gasteiger partial charge on any atom is -0.147 e. The molecule has 5 heteroatoms. The molecule has 0 nitrogen and oxygen atoms in total. The molecule has 1 aromatic carbocycles. The molecule has 0 fully saturated rings. The molecule has 0 N–H and O–H groups in total. The molecular weight excluding hydrogens is 520 g/mol. The van der Waals surface area contributed by atoms with Crippen LogP contribution in [0.15, 0.2) is 30.3 Å². The second-order valence-corrected chi connectivity index (χ2v) is 15.3. The van der Waals surface area contributed by atoms with Crippen LogP contribution in [-0.4, -0.2) is 19.5 Å². The Morgan fingerprint density at radius 2 is 1.68 bits per heavy atom. The Kier molecular flexibility index (Phi) is 12.6. The first-order valence-electron chi connectivity index (χ1n) is 7.06. The Balaban J connectivity index is 0. The molecule has 126 valence electrons. The summed E-state index contributed by atoms with van der Waals surface area (Å²) in [6.45, 7) is 12.2. The fraction of sp³-hybridized carbons (Fsp3) is 0.529. The van der Waals surface area contributed by atoms with Gasteiger partial charge in [-0.3, -0.25) is 0 Å². The number of halogens is 3. The fourth-order valence-corrected chi connectivity index (χ4v) is 14.7. The summed E-state index contributed by atoms with van der Waals surface area (Å²) in [4.78, 5) is 0. The van der Waals surface area contributed by atoms with Gasteiger partial charge in [-0.1, -0.05) is 0 Å². The third-order valence-electron chi connectivity index (χ3n) is 3.77. The van der Waals surface area contributed by atoms with Crippen molar-refractivity contribution in [3.63, 3.8) is 0 Å². The van der Waals surface area contributed by atoms with E-state index in [4.69, 9.17) is 0 Å². The zero-order valence-electron chi connectivity index (χ0n) is 14.0. The van der Waals surface area contributed by atoms with Crippen LogP contribution in [0.3, 0.4) is 0 Å². The van der Waals surface area contributed by atoms with Crippen LogP contribution in [-0.2, 0) is 22.9 Å². The van der Waals surface area contributed by atoms with E-state index in [1.54, 1.807) is 5.56 Å². The minimum Gasteiger partial charge on any atom is -0.147 e. The molecule has 0 aromatic heterocycles. The monoisotopic (exact) mass is 548 g/mol. The molecule has 0 saturated heterocycles. The Morgan fingerprint density at radius 3 is 2.23 bits per heavy atom. The van der Waals surface area contributed by atoms with Crippen molar-refractivity contribution in [3.05, 3.63) is 41.5 Å². The van der Waals surface area contributed by atoms with Crippen molar-refractivity contribution in [2.75, 3.05) is 19.5 Å². The normalized spacial score (nSPS) is 16.9. The first-order chi connectivity index (χ1) is 8.88. The summed E-state index contributed by atoms with van der Waals surface area (Å²) in [6.07, 6.45) is 6.34. The summed E-state index contributed by atoms with van der Waals surface area (Å²) in [5, 5.41) is 0. The van der Waals surface area contributed by atoms with Crippen molar-refractivity contribution in [1.82, 2.24) is 0 Å². The van der Waals surface area contributed by atoms with E-state index in [-0.39, 0.29) is 45.1 Å².